The summed E-state index contributed by atoms with van der Waals surface area (Å²) >= 11 is 3.36. The molecule has 2 aromatic carbocycles. The van der Waals surface area contributed by atoms with Crippen molar-refractivity contribution in [2.45, 2.75) is 13.3 Å². The maximum atomic E-state index is 12.0. The van der Waals surface area contributed by atoms with Crippen LogP contribution in [0.1, 0.15) is 5.56 Å². The first-order valence-electron chi connectivity index (χ1n) is 6.43. The Morgan fingerprint density at radius 3 is 2.17 bits per heavy atom. The van der Waals surface area contributed by atoms with Gasteiger partial charge in [0, 0.05) is 15.8 Å². The first-order valence-corrected chi connectivity index (χ1v) is 7.22. The fourth-order valence-corrected chi connectivity index (χ4v) is 2.00. The number of hydrogen-bond acceptors (Lipinski definition) is 2. The molecule has 4 nitrogen and oxygen atoms in total. The number of rotatable bonds is 3. The van der Waals surface area contributed by atoms with Gasteiger partial charge in [-0.1, -0.05) is 15.9 Å². The number of carbonyl (C=O) groups excluding carboxylic acids is 1. The Kier molecular flexibility index (Phi) is 5.15. The predicted octanol–water partition coefficient (Wildman–Crippen LogP) is 5.30. The van der Waals surface area contributed by atoms with E-state index in [-0.39, 0.29) is 5.75 Å². The molecule has 0 aliphatic carbocycles. The minimum absolute atomic E-state index is 0.339. The van der Waals surface area contributed by atoms with E-state index >= 15 is 0 Å². The molecule has 0 aliphatic rings. The van der Waals surface area contributed by atoms with E-state index in [2.05, 4.69) is 31.3 Å². The molecule has 8 heteroatoms. The van der Waals surface area contributed by atoms with Crippen LogP contribution >= 0.6 is 15.9 Å². The van der Waals surface area contributed by atoms with E-state index in [0.29, 0.717) is 11.4 Å². The van der Waals surface area contributed by atoms with E-state index in [9.17, 15) is 18.0 Å². The van der Waals surface area contributed by atoms with E-state index in [1.54, 1.807) is 18.2 Å². The van der Waals surface area contributed by atoms with Crippen molar-refractivity contribution in [3.63, 3.8) is 0 Å². The summed E-state index contributed by atoms with van der Waals surface area (Å²) in [5, 5.41) is 5.15. The molecule has 2 amide bonds. The predicted molar refractivity (Wildman–Crippen MR) is 84.6 cm³/mol. The van der Waals surface area contributed by atoms with E-state index in [1.807, 2.05) is 6.92 Å². The molecule has 23 heavy (non-hydrogen) atoms. The average Bonchev–Trinajstić information content (AvgIpc) is 2.43. The van der Waals surface area contributed by atoms with Crippen molar-refractivity contribution in [2.75, 3.05) is 10.6 Å². The van der Waals surface area contributed by atoms with Crippen LogP contribution < -0.4 is 15.4 Å². The van der Waals surface area contributed by atoms with Crippen molar-refractivity contribution < 1.29 is 22.7 Å². The summed E-state index contributed by atoms with van der Waals surface area (Å²) in [6.45, 7) is 1.88. The minimum atomic E-state index is -4.74. The number of benzene rings is 2. The van der Waals surface area contributed by atoms with Gasteiger partial charge in [0.05, 0.1) is 0 Å². The SMILES string of the molecule is Cc1cc(NC(=O)Nc2ccc(OC(F)(F)F)cc2)ccc1Br. The van der Waals surface area contributed by atoms with E-state index in [4.69, 9.17) is 0 Å². The normalized spacial score (nSPS) is 11.0. The number of carbonyl (C=O) groups is 1. The molecule has 0 aromatic heterocycles. The van der Waals surface area contributed by atoms with Gasteiger partial charge in [-0.2, -0.15) is 0 Å². The second-order valence-corrected chi connectivity index (χ2v) is 5.47. The van der Waals surface area contributed by atoms with Crippen LogP contribution in [-0.2, 0) is 0 Å². The number of aryl methyl sites for hydroxylation is 1. The van der Waals surface area contributed by atoms with Crippen molar-refractivity contribution in [1.82, 2.24) is 0 Å². The molecule has 0 bridgehead atoms. The lowest BCUT2D eigenvalue weighted by Crippen LogP contribution is -2.19. The van der Waals surface area contributed by atoms with Crippen LogP contribution in [0.4, 0.5) is 29.3 Å². The van der Waals surface area contributed by atoms with Gasteiger partial charge in [-0.05, 0) is 55.0 Å². The van der Waals surface area contributed by atoms with Crippen molar-refractivity contribution in [2.24, 2.45) is 0 Å². The van der Waals surface area contributed by atoms with Gasteiger partial charge in [0.25, 0.3) is 0 Å². The molecule has 0 saturated heterocycles. The fraction of sp³-hybridized carbons (Fsp3) is 0.133. The number of halogens is 4. The minimum Gasteiger partial charge on any atom is -0.406 e. The molecule has 2 N–H and O–H groups in total. The van der Waals surface area contributed by atoms with Crippen LogP contribution in [0.5, 0.6) is 5.75 Å². The van der Waals surface area contributed by atoms with Gasteiger partial charge in [-0.15, -0.1) is 13.2 Å². The lowest BCUT2D eigenvalue weighted by molar-refractivity contribution is -0.274. The number of alkyl halides is 3. The monoisotopic (exact) mass is 388 g/mol. The van der Waals surface area contributed by atoms with E-state index in [0.717, 1.165) is 22.2 Å². The first kappa shape index (κ1) is 17.1. The van der Waals surface area contributed by atoms with Crippen LogP contribution in [0.2, 0.25) is 0 Å². The Balaban J connectivity index is 1.96. The number of ether oxygens (including phenoxy) is 1. The van der Waals surface area contributed by atoms with Gasteiger partial charge in [0.1, 0.15) is 5.75 Å². The smallest absolute Gasteiger partial charge is 0.406 e. The van der Waals surface area contributed by atoms with Crippen LogP contribution in [0.25, 0.3) is 0 Å². The second kappa shape index (κ2) is 6.91. The van der Waals surface area contributed by atoms with Crippen molar-refractivity contribution >= 4 is 33.3 Å². The average molecular weight is 389 g/mol. The number of urea groups is 1. The molecule has 122 valence electrons. The van der Waals surface area contributed by atoms with Crippen molar-refractivity contribution in [1.29, 1.82) is 0 Å². The zero-order valence-corrected chi connectivity index (χ0v) is 13.5. The summed E-state index contributed by atoms with van der Waals surface area (Å²) in [6, 6.07) is 9.66. The molecule has 2 rings (SSSR count). The third-order valence-electron chi connectivity index (χ3n) is 2.76. The summed E-state index contributed by atoms with van der Waals surface area (Å²) in [6.07, 6.45) is -4.74. The molecule has 0 radical (unpaired) electrons. The maximum absolute atomic E-state index is 12.0. The summed E-state index contributed by atoms with van der Waals surface area (Å²) in [7, 11) is 0. The Morgan fingerprint density at radius 2 is 1.61 bits per heavy atom. The highest BCUT2D eigenvalue weighted by molar-refractivity contribution is 9.10. The third kappa shape index (κ3) is 5.48. The molecular formula is C15H12BrF3N2O2. The summed E-state index contributed by atoms with van der Waals surface area (Å²) in [5.74, 6) is -0.355. The van der Waals surface area contributed by atoms with Crippen molar-refractivity contribution in [3.8, 4) is 5.75 Å². The quantitative estimate of drug-likeness (QED) is 0.749. The van der Waals surface area contributed by atoms with Gasteiger partial charge in [0.2, 0.25) is 0 Å². The third-order valence-corrected chi connectivity index (χ3v) is 3.65. The molecule has 0 atom stereocenters. The van der Waals surface area contributed by atoms with Gasteiger partial charge in [-0.25, -0.2) is 4.79 Å². The zero-order chi connectivity index (χ0) is 17.0. The first-order chi connectivity index (χ1) is 10.7. The van der Waals surface area contributed by atoms with Gasteiger partial charge < -0.3 is 15.4 Å². The molecule has 0 spiro atoms. The largest absolute Gasteiger partial charge is 0.573 e. The highest BCUT2D eigenvalue weighted by atomic mass is 79.9. The number of nitrogens with one attached hydrogen (secondary N) is 2. The molecule has 0 fully saturated rings. The van der Waals surface area contributed by atoms with Crippen LogP contribution in [0.15, 0.2) is 46.9 Å². The molecular weight excluding hydrogens is 377 g/mol. The zero-order valence-electron chi connectivity index (χ0n) is 11.9. The van der Waals surface area contributed by atoms with Crippen molar-refractivity contribution in [3.05, 3.63) is 52.5 Å². The Bertz CT molecular complexity index is 703. The Morgan fingerprint density at radius 1 is 1.04 bits per heavy atom. The summed E-state index contributed by atoms with van der Waals surface area (Å²) in [5.41, 5.74) is 1.89. The summed E-state index contributed by atoms with van der Waals surface area (Å²) < 4.78 is 40.8. The van der Waals surface area contributed by atoms with Crippen LogP contribution in [0, 0.1) is 6.92 Å². The van der Waals surface area contributed by atoms with Gasteiger partial charge in [-0.3, -0.25) is 0 Å². The Hall–Kier alpha value is -2.22. The lowest BCUT2D eigenvalue weighted by Gasteiger charge is -2.11. The number of anilines is 2. The van der Waals surface area contributed by atoms with Gasteiger partial charge in [0.15, 0.2) is 0 Å². The number of hydrogen-bond donors (Lipinski definition) is 2. The highest BCUT2D eigenvalue weighted by Crippen LogP contribution is 2.24. The van der Waals surface area contributed by atoms with E-state index in [1.165, 1.54) is 12.1 Å². The molecule has 0 saturated carbocycles. The standard InChI is InChI=1S/C15H12BrF3N2O2/c1-9-8-11(4-7-13(9)16)21-14(22)20-10-2-5-12(6-3-10)23-15(17,18)19/h2-8H,1H3,(H2,20,21,22). The Labute approximate surface area is 138 Å². The molecule has 0 aliphatic heterocycles. The highest BCUT2D eigenvalue weighted by Gasteiger charge is 2.30. The topological polar surface area (TPSA) is 50.4 Å². The summed E-state index contributed by atoms with van der Waals surface area (Å²) in [4.78, 5) is 11.8. The molecule has 2 aromatic rings. The fourth-order valence-electron chi connectivity index (χ4n) is 1.76. The maximum Gasteiger partial charge on any atom is 0.573 e. The molecule has 0 heterocycles. The lowest BCUT2D eigenvalue weighted by atomic mass is 10.2. The molecule has 0 unspecified atom stereocenters. The number of amides is 2. The van der Waals surface area contributed by atoms with Gasteiger partial charge >= 0.3 is 12.4 Å². The van der Waals surface area contributed by atoms with Crippen LogP contribution in [-0.4, -0.2) is 12.4 Å². The second-order valence-electron chi connectivity index (χ2n) is 4.62. The van der Waals surface area contributed by atoms with E-state index < -0.39 is 12.4 Å². The van der Waals surface area contributed by atoms with Crippen LogP contribution in [0.3, 0.4) is 0 Å².